The smallest absolute Gasteiger partial charge is 0.119 e. The van der Waals surface area contributed by atoms with Crippen molar-refractivity contribution in [1.29, 1.82) is 5.41 Å². The predicted octanol–water partition coefficient (Wildman–Crippen LogP) is 7.33. The van der Waals surface area contributed by atoms with E-state index in [9.17, 15) is 0 Å². The summed E-state index contributed by atoms with van der Waals surface area (Å²) in [5, 5.41) is 8.34. The molecule has 5 N–H and O–H groups in total. The number of piperidine rings is 1. The molecule has 36 heavy (non-hydrogen) atoms. The van der Waals surface area contributed by atoms with Crippen LogP contribution >= 0.6 is 0 Å². The van der Waals surface area contributed by atoms with Crippen molar-refractivity contribution in [2.75, 3.05) is 25.9 Å². The zero-order valence-electron chi connectivity index (χ0n) is 21.6. The molecule has 6 nitrogen and oxygen atoms in total. The maximum absolute atomic E-state index is 8.34. The van der Waals surface area contributed by atoms with Gasteiger partial charge in [0.1, 0.15) is 11.9 Å². The van der Waals surface area contributed by atoms with Crippen molar-refractivity contribution in [3.63, 3.8) is 0 Å². The molecule has 3 aromatic rings. The summed E-state index contributed by atoms with van der Waals surface area (Å²) in [6, 6.07) is 18.6. The Balaban J connectivity index is 0.000000321. The Labute approximate surface area is 241 Å². The molecule has 1 fully saturated rings. The molecule has 0 aromatic heterocycles. The van der Waals surface area contributed by atoms with Crippen molar-refractivity contribution in [1.82, 2.24) is 4.90 Å². The van der Waals surface area contributed by atoms with E-state index in [1.165, 1.54) is 0 Å². The first-order chi connectivity index (χ1) is 16.8. The zero-order valence-corrected chi connectivity index (χ0v) is 24.4. The van der Waals surface area contributed by atoms with Crippen LogP contribution in [-0.4, -0.2) is 36.9 Å². The zero-order chi connectivity index (χ0) is 25.4. The number of nitrogens with two attached hydrogens (primary N) is 1. The minimum atomic E-state index is 0. The van der Waals surface area contributed by atoms with Gasteiger partial charge >= 0.3 is 0 Å². The summed E-state index contributed by atoms with van der Waals surface area (Å²) in [6.45, 7) is 6.31. The van der Waals surface area contributed by atoms with Crippen molar-refractivity contribution in [3.8, 4) is 5.75 Å². The van der Waals surface area contributed by atoms with Gasteiger partial charge < -0.3 is 26.8 Å². The van der Waals surface area contributed by atoms with E-state index in [4.69, 9.17) is 27.3 Å². The number of hydrogen-bond acceptors (Lipinski definition) is 4. The molecule has 4 rings (SSSR count). The fourth-order valence-corrected chi connectivity index (χ4v) is 4.17. The molecule has 0 amide bonds. The largest absolute Gasteiger partial charge is 0.699 e. The van der Waals surface area contributed by atoms with Gasteiger partial charge in [-0.1, -0.05) is 55.3 Å². The van der Waals surface area contributed by atoms with Crippen LogP contribution in [0.4, 0.5) is 17.1 Å². The van der Waals surface area contributed by atoms with E-state index in [1.54, 1.807) is 18.2 Å². The standard InChI is InChI=1S/C19H23N4O.C10H14N.Y/c1-23-10-8-16(9-11-23)24-15-5-2-13(3-6-15)19(22)17-12-14(20)4-7-18(17)21;1-3-8-6-5-7-9(4-2)10(8)11;/h2-7,12,16,20,22H,8-11,21H2,1H3;5-7,11H,3-4H2,1-2H3;/q2*-1;. The summed E-state index contributed by atoms with van der Waals surface area (Å²) in [7, 11) is 2.13. The summed E-state index contributed by atoms with van der Waals surface area (Å²) < 4.78 is 6.04. The van der Waals surface area contributed by atoms with Gasteiger partial charge in [-0.3, -0.25) is 5.41 Å². The fraction of sp³-hybridized carbons (Fsp3) is 0.345. The van der Waals surface area contributed by atoms with Crippen molar-refractivity contribution in [3.05, 3.63) is 94.4 Å². The second kappa shape index (κ2) is 14.4. The Morgan fingerprint density at radius 1 is 0.972 bits per heavy atom. The molecule has 1 heterocycles. The minimum Gasteiger partial charge on any atom is -0.699 e. The molecule has 7 heteroatoms. The van der Waals surface area contributed by atoms with Crippen molar-refractivity contribution in [2.45, 2.75) is 45.6 Å². The third-order valence-electron chi connectivity index (χ3n) is 6.43. The summed E-state index contributed by atoms with van der Waals surface area (Å²) >= 11 is 0. The van der Waals surface area contributed by atoms with Gasteiger partial charge in [-0.05, 0) is 63.1 Å². The van der Waals surface area contributed by atoms with Gasteiger partial charge in [0, 0.05) is 62.6 Å². The van der Waals surface area contributed by atoms with Crippen LogP contribution in [0.15, 0.2) is 60.7 Å². The number of ether oxygens (including phenoxy) is 1. The minimum absolute atomic E-state index is 0. The normalized spacial score (nSPS) is 13.8. The number of hydrogen-bond donors (Lipinski definition) is 2. The van der Waals surface area contributed by atoms with Gasteiger partial charge in [0.25, 0.3) is 0 Å². The Morgan fingerprint density at radius 3 is 2.11 bits per heavy atom. The first kappa shape index (κ1) is 29.8. The molecular weight excluding hydrogens is 523 g/mol. The van der Waals surface area contributed by atoms with Crippen molar-refractivity contribution in [2.24, 2.45) is 0 Å². The SMILES string of the molecule is CCc1cccc(CC)c1[NH-].CN1CCC(Oc2ccc(C(=N)c3cc([NH-])ccc3N)cc2)CC1.[Y]. The van der Waals surface area contributed by atoms with Crippen LogP contribution in [0.1, 0.15) is 48.9 Å². The molecule has 0 spiro atoms. The number of anilines is 1. The van der Waals surface area contributed by atoms with Gasteiger partial charge in [0.2, 0.25) is 0 Å². The number of rotatable bonds is 6. The maximum Gasteiger partial charge on any atom is 0.119 e. The number of nitrogens with one attached hydrogen (secondary N) is 3. The molecule has 0 bridgehead atoms. The van der Waals surface area contributed by atoms with Crippen LogP contribution in [0.5, 0.6) is 5.75 Å². The van der Waals surface area contributed by atoms with Gasteiger partial charge in [-0.15, -0.1) is 11.4 Å². The van der Waals surface area contributed by atoms with Crippen LogP contribution in [0.3, 0.4) is 0 Å². The molecule has 1 saturated heterocycles. The van der Waals surface area contributed by atoms with Gasteiger partial charge in [-0.2, -0.15) is 0 Å². The van der Waals surface area contributed by atoms with Crippen LogP contribution in [0.25, 0.3) is 11.5 Å². The van der Waals surface area contributed by atoms with E-state index in [-0.39, 0.29) is 38.8 Å². The van der Waals surface area contributed by atoms with E-state index in [0.717, 1.165) is 66.9 Å². The molecule has 0 atom stereocenters. The summed E-state index contributed by atoms with van der Waals surface area (Å²) in [4.78, 5) is 2.31. The average molecular weight is 561 g/mol. The summed E-state index contributed by atoms with van der Waals surface area (Å²) in [5.41, 5.74) is 27.0. The predicted molar refractivity (Wildman–Crippen MR) is 148 cm³/mol. The third kappa shape index (κ3) is 8.05. The monoisotopic (exact) mass is 560 g/mol. The molecular formula is C29H37N5OY-2. The van der Waals surface area contributed by atoms with E-state index in [2.05, 4.69) is 25.8 Å². The van der Waals surface area contributed by atoms with Crippen molar-refractivity contribution >= 4 is 22.8 Å². The van der Waals surface area contributed by atoms with E-state index in [1.807, 2.05) is 42.5 Å². The van der Waals surface area contributed by atoms with Crippen LogP contribution in [0.2, 0.25) is 0 Å². The Bertz CT molecular complexity index is 1100. The van der Waals surface area contributed by atoms with E-state index in [0.29, 0.717) is 22.6 Å². The molecule has 189 valence electrons. The fourth-order valence-electron chi connectivity index (χ4n) is 4.17. The van der Waals surface area contributed by atoms with Gasteiger partial charge in [0.05, 0.1) is 5.71 Å². The molecule has 0 unspecified atom stereocenters. The molecule has 0 saturated carbocycles. The number of nitrogen functional groups attached to an aromatic ring is 1. The van der Waals surface area contributed by atoms with Crippen LogP contribution < -0.4 is 10.5 Å². The number of benzene rings is 3. The third-order valence-corrected chi connectivity index (χ3v) is 6.43. The number of nitrogens with zero attached hydrogens (tertiary/aromatic N) is 1. The number of aryl methyl sites for hydroxylation is 2. The molecule has 1 radical (unpaired) electrons. The molecule has 3 aromatic carbocycles. The van der Waals surface area contributed by atoms with Gasteiger partial charge in [-0.25, -0.2) is 0 Å². The van der Waals surface area contributed by atoms with Crippen LogP contribution in [-0.2, 0) is 45.6 Å². The maximum atomic E-state index is 8.34. The van der Waals surface area contributed by atoms with Crippen LogP contribution in [0, 0.1) is 5.41 Å². The van der Waals surface area contributed by atoms with Crippen molar-refractivity contribution < 1.29 is 37.4 Å². The molecule has 0 aliphatic carbocycles. The summed E-state index contributed by atoms with van der Waals surface area (Å²) in [5.74, 6) is 0.836. The first-order valence-corrected chi connectivity index (χ1v) is 12.3. The number of likely N-dealkylation sites (tertiary alicyclic amines) is 1. The Hall–Kier alpha value is -2.41. The quantitative estimate of drug-likeness (QED) is 0.243. The first-order valence-electron chi connectivity index (χ1n) is 12.3. The molecule has 1 aliphatic heterocycles. The average Bonchev–Trinajstić information content (AvgIpc) is 2.87. The van der Waals surface area contributed by atoms with E-state index >= 15 is 0 Å². The second-order valence-electron chi connectivity index (χ2n) is 8.98. The molecule has 1 aliphatic rings. The Kier molecular flexibility index (Phi) is 11.9. The van der Waals surface area contributed by atoms with E-state index < -0.39 is 0 Å². The topological polar surface area (TPSA) is 110 Å². The summed E-state index contributed by atoms with van der Waals surface area (Å²) in [6.07, 6.45) is 4.28. The Morgan fingerprint density at radius 2 is 1.56 bits per heavy atom. The van der Waals surface area contributed by atoms with Gasteiger partial charge in [0.15, 0.2) is 0 Å². The second-order valence-corrected chi connectivity index (χ2v) is 8.98.